The van der Waals surface area contributed by atoms with E-state index in [0.717, 1.165) is 17.8 Å². The molecule has 84 valence electrons. The van der Waals surface area contributed by atoms with Gasteiger partial charge in [-0.05, 0) is 40.9 Å². The highest BCUT2D eigenvalue weighted by Gasteiger charge is 2.06. The van der Waals surface area contributed by atoms with Crippen LogP contribution in [0.25, 0.3) is 0 Å². The van der Waals surface area contributed by atoms with Gasteiger partial charge in [0.25, 0.3) is 0 Å². The Balaban J connectivity index is 1.88. The van der Waals surface area contributed by atoms with Crippen molar-refractivity contribution in [3.63, 3.8) is 0 Å². The van der Waals surface area contributed by atoms with Gasteiger partial charge in [-0.3, -0.25) is 4.99 Å². The number of fused-ring (bicyclic) bond motifs is 1. The fourth-order valence-corrected chi connectivity index (χ4v) is 1.88. The van der Waals surface area contributed by atoms with Gasteiger partial charge in [-0.25, -0.2) is 9.97 Å². The Morgan fingerprint density at radius 1 is 1.24 bits per heavy atom. The molecular formula is C12H9ClN4. The molecule has 1 aliphatic heterocycles. The molecule has 0 saturated carbocycles. The third kappa shape index (κ3) is 2.12. The minimum atomic E-state index is 0.234. The minimum Gasteiger partial charge on any atom is -0.340 e. The summed E-state index contributed by atoms with van der Waals surface area (Å²) in [6, 6.07) is 7.88. The van der Waals surface area contributed by atoms with Crippen LogP contribution in [0.15, 0.2) is 35.5 Å². The van der Waals surface area contributed by atoms with Gasteiger partial charge in [0, 0.05) is 18.1 Å². The first-order valence-corrected chi connectivity index (χ1v) is 5.57. The molecule has 5 heteroatoms. The predicted octanol–water partition coefficient (Wildman–Crippen LogP) is 2.81. The second-order valence-electron chi connectivity index (χ2n) is 3.72. The molecule has 0 amide bonds. The first-order chi connectivity index (χ1) is 8.31. The zero-order valence-electron chi connectivity index (χ0n) is 8.89. The quantitative estimate of drug-likeness (QED) is 0.827. The Labute approximate surface area is 103 Å². The minimum absolute atomic E-state index is 0.234. The molecule has 1 aromatic heterocycles. The van der Waals surface area contributed by atoms with E-state index in [1.807, 2.05) is 18.3 Å². The average molecular weight is 245 g/mol. The number of hydrogen-bond donors (Lipinski definition) is 1. The summed E-state index contributed by atoms with van der Waals surface area (Å²) in [5.74, 6) is 0.680. The van der Waals surface area contributed by atoms with Gasteiger partial charge in [0.05, 0.1) is 6.54 Å². The monoisotopic (exact) mass is 244 g/mol. The summed E-state index contributed by atoms with van der Waals surface area (Å²) in [7, 11) is 0. The second kappa shape index (κ2) is 4.14. The molecule has 3 rings (SSSR count). The molecule has 0 atom stereocenters. The number of nitrogens with zero attached hydrogens (tertiary/aromatic N) is 3. The van der Waals surface area contributed by atoms with Gasteiger partial charge < -0.3 is 5.32 Å². The van der Waals surface area contributed by atoms with Gasteiger partial charge in [0.15, 0.2) is 0 Å². The van der Waals surface area contributed by atoms with E-state index in [-0.39, 0.29) is 5.28 Å². The molecule has 17 heavy (non-hydrogen) atoms. The third-order valence-corrected chi connectivity index (χ3v) is 2.72. The molecule has 4 nitrogen and oxygen atoms in total. The Morgan fingerprint density at radius 3 is 3.06 bits per heavy atom. The Bertz CT molecular complexity index is 595. The number of rotatable bonds is 2. The molecular weight excluding hydrogens is 236 g/mol. The maximum absolute atomic E-state index is 5.72. The molecule has 0 bridgehead atoms. The first-order valence-electron chi connectivity index (χ1n) is 5.19. The van der Waals surface area contributed by atoms with Crippen molar-refractivity contribution < 1.29 is 0 Å². The van der Waals surface area contributed by atoms with Crippen LogP contribution in [-0.4, -0.2) is 16.2 Å². The van der Waals surface area contributed by atoms with Crippen molar-refractivity contribution in [3.05, 3.63) is 46.9 Å². The maximum atomic E-state index is 5.72. The number of aromatic nitrogens is 2. The lowest BCUT2D eigenvalue weighted by molar-refractivity contribution is 1.11. The third-order valence-electron chi connectivity index (χ3n) is 2.54. The van der Waals surface area contributed by atoms with Crippen molar-refractivity contribution in [1.82, 2.24) is 9.97 Å². The van der Waals surface area contributed by atoms with E-state index in [1.165, 1.54) is 5.56 Å². The molecule has 0 saturated heterocycles. The van der Waals surface area contributed by atoms with Crippen LogP contribution in [0, 0.1) is 0 Å². The van der Waals surface area contributed by atoms with Gasteiger partial charge in [-0.2, -0.15) is 0 Å². The fourth-order valence-electron chi connectivity index (χ4n) is 1.73. The zero-order valence-corrected chi connectivity index (χ0v) is 9.65. The van der Waals surface area contributed by atoms with E-state index < -0.39 is 0 Å². The van der Waals surface area contributed by atoms with Crippen LogP contribution in [-0.2, 0) is 6.54 Å². The first kappa shape index (κ1) is 10.2. The van der Waals surface area contributed by atoms with Crippen LogP contribution in [0.1, 0.15) is 11.1 Å². The molecule has 0 aliphatic carbocycles. The van der Waals surface area contributed by atoms with Crippen LogP contribution in [0.4, 0.5) is 11.5 Å². The summed E-state index contributed by atoms with van der Waals surface area (Å²) in [4.78, 5) is 12.1. The van der Waals surface area contributed by atoms with Crippen LogP contribution in [0.5, 0.6) is 0 Å². The molecule has 2 heterocycles. The summed E-state index contributed by atoms with van der Waals surface area (Å²) >= 11 is 5.72. The smallest absolute Gasteiger partial charge is 0.224 e. The molecule has 0 spiro atoms. The molecule has 0 fully saturated rings. The highest BCUT2D eigenvalue weighted by molar-refractivity contribution is 6.28. The highest BCUT2D eigenvalue weighted by Crippen LogP contribution is 2.21. The molecule has 2 aromatic rings. The van der Waals surface area contributed by atoms with Crippen molar-refractivity contribution in [2.75, 3.05) is 5.32 Å². The van der Waals surface area contributed by atoms with E-state index in [2.05, 4.69) is 26.3 Å². The van der Waals surface area contributed by atoms with Gasteiger partial charge in [-0.1, -0.05) is 6.07 Å². The number of halogens is 1. The van der Waals surface area contributed by atoms with Crippen molar-refractivity contribution in [2.24, 2.45) is 4.99 Å². The van der Waals surface area contributed by atoms with Crippen molar-refractivity contribution in [3.8, 4) is 0 Å². The van der Waals surface area contributed by atoms with Gasteiger partial charge in [0.2, 0.25) is 5.28 Å². The summed E-state index contributed by atoms with van der Waals surface area (Å²) in [5.41, 5.74) is 3.36. The van der Waals surface area contributed by atoms with Gasteiger partial charge >= 0.3 is 0 Å². The van der Waals surface area contributed by atoms with E-state index in [9.17, 15) is 0 Å². The average Bonchev–Trinajstić information content (AvgIpc) is 2.76. The number of anilines is 2. The van der Waals surface area contributed by atoms with E-state index >= 15 is 0 Å². The summed E-state index contributed by atoms with van der Waals surface area (Å²) in [6.07, 6.45) is 3.50. The SMILES string of the molecule is Clc1nccc(Nc2ccc3c(c2)C=NC3)n1. The van der Waals surface area contributed by atoms with Crippen LogP contribution < -0.4 is 5.32 Å². The van der Waals surface area contributed by atoms with Crippen LogP contribution in [0.2, 0.25) is 5.28 Å². The zero-order chi connectivity index (χ0) is 11.7. The van der Waals surface area contributed by atoms with E-state index in [1.54, 1.807) is 12.3 Å². The van der Waals surface area contributed by atoms with Crippen molar-refractivity contribution in [2.45, 2.75) is 6.54 Å². The highest BCUT2D eigenvalue weighted by atomic mass is 35.5. The number of aliphatic imine (C=N–C) groups is 1. The Kier molecular flexibility index (Phi) is 2.49. The second-order valence-corrected chi connectivity index (χ2v) is 4.06. The molecule has 1 aromatic carbocycles. The number of benzene rings is 1. The fraction of sp³-hybridized carbons (Fsp3) is 0.0833. The standard InChI is InChI=1S/C12H9ClN4/c13-12-15-4-3-11(17-12)16-10-2-1-8-6-14-7-9(8)5-10/h1-5,7H,6H2,(H,15,16,17). The van der Waals surface area contributed by atoms with E-state index in [4.69, 9.17) is 11.6 Å². The van der Waals surface area contributed by atoms with Crippen molar-refractivity contribution >= 4 is 29.3 Å². The van der Waals surface area contributed by atoms with Gasteiger partial charge in [0.1, 0.15) is 5.82 Å². The summed E-state index contributed by atoms with van der Waals surface area (Å²) in [5, 5.41) is 3.41. The topological polar surface area (TPSA) is 50.2 Å². The predicted molar refractivity (Wildman–Crippen MR) is 68.1 cm³/mol. The molecule has 1 aliphatic rings. The van der Waals surface area contributed by atoms with Gasteiger partial charge in [-0.15, -0.1) is 0 Å². The lowest BCUT2D eigenvalue weighted by Gasteiger charge is -2.06. The summed E-state index contributed by atoms with van der Waals surface area (Å²) < 4.78 is 0. The molecule has 1 N–H and O–H groups in total. The lowest BCUT2D eigenvalue weighted by atomic mass is 10.1. The van der Waals surface area contributed by atoms with Crippen LogP contribution in [0.3, 0.4) is 0 Å². The number of hydrogen-bond acceptors (Lipinski definition) is 4. The largest absolute Gasteiger partial charge is 0.340 e. The lowest BCUT2D eigenvalue weighted by Crippen LogP contribution is -1.96. The summed E-state index contributed by atoms with van der Waals surface area (Å²) in [6.45, 7) is 0.773. The van der Waals surface area contributed by atoms with Crippen molar-refractivity contribution in [1.29, 1.82) is 0 Å². The Hall–Kier alpha value is -1.94. The molecule has 0 radical (unpaired) electrons. The van der Waals surface area contributed by atoms with E-state index in [0.29, 0.717) is 5.82 Å². The number of nitrogens with one attached hydrogen (secondary N) is 1. The normalized spacial score (nSPS) is 12.5. The molecule has 0 unspecified atom stereocenters. The maximum Gasteiger partial charge on any atom is 0.224 e. The van der Waals surface area contributed by atoms with Crippen LogP contribution >= 0.6 is 11.6 Å². The Morgan fingerprint density at radius 2 is 2.18 bits per heavy atom.